The van der Waals surface area contributed by atoms with E-state index in [0.29, 0.717) is 19.6 Å². The predicted octanol–water partition coefficient (Wildman–Crippen LogP) is 1.71. The minimum atomic E-state index is -0.303. The molecule has 0 bridgehead atoms. The topological polar surface area (TPSA) is 53.3 Å². The van der Waals surface area contributed by atoms with Crippen LogP contribution in [-0.2, 0) is 11.2 Å². The van der Waals surface area contributed by atoms with Crippen molar-refractivity contribution in [2.45, 2.75) is 6.42 Å². The first-order valence-electron chi connectivity index (χ1n) is 4.71. The van der Waals surface area contributed by atoms with E-state index in [2.05, 4.69) is 6.07 Å². The van der Waals surface area contributed by atoms with Crippen molar-refractivity contribution >= 4 is 11.8 Å². The van der Waals surface area contributed by atoms with Gasteiger partial charge < -0.3 is 4.74 Å². The van der Waals surface area contributed by atoms with Gasteiger partial charge in [0.2, 0.25) is 0 Å². The van der Waals surface area contributed by atoms with E-state index in [1.54, 1.807) is 4.90 Å². The van der Waals surface area contributed by atoms with E-state index in [4.69, 9.17) is 10.00 Å². The van der Waals surface area contributed by atoms with Gasteiger partial charge in [-0.2, -0.15) is 5.26 Å². The van der Waals surface area contributed by atoms with Crippen molar-refractivity contribution in [2.24, 2.45) is 0 Å². The molecule has 1 aliphatic rings. The van der Waals surface area contributed by atoms with Crippen LogP contribution in [0.25, 0.3) is 0 Å². The number of cyclic esters (lactones) is 1. The fourth-order valence-electron chi connectivity index (χ4n) is 1.51. The van der Waals surface area contributed by atoms with Gasteiger partial charge in [-0.05, 0) is 17.7 Å². The summed E-state index contributed by atoms with van der Waals surface area (Å²) in [5, 5.41) is 8.51. The van der Waals surface area contributed by atoms with Gasteiger partial charge in [0.05, 0.1) is 19.0 Å². The van der Waals surface area contributed by atoms with Gasteiger partial charge in [-0.1, -0.05) is 12.1 Å². The molecule has 4 heteroatoms. The maximum atomic E-state index is 11.2. The summed E-state index contributed by atoms with van der Waals surface area (Å²) in [7, 11) is 0. The van der Waals surface area contributed by atoms with Gasteiger partial charge in [0.15, 0.2) is 0 Å². The van der Waals surface area contributed by atoms with Gasteiger partial charge in [-0.15, -0.1) is 0 Å². The molecule has 1 heterocycles. The number of hydrogen-bond acceptors (Lipinski definition) is 3. The fourth-order valence-corrected chi connectivity index (χ4v) is 1.51. The highest BCUT2D eigenvalue weighted by Crippen LogP contribution is 2.19. The minimum Gasteiger partial charge on any atom is -0.447 e. The van der Waals surface area contributed by atoms with Crippen LogP contribution in [-0.4, -0.2) is 19.2 Å². The average Bonchev–Trinajstić information content (AvgIpc) is 2.66. The summed E-state index contributed by atoms with van der Waals surface area (Å²) in [5.41, 5.74) is 1.77. The quantitative estimate of drug-likeness (QED) is 0.733. The maximum Gasteiger partial charge on any atom is 0.414 e. The molecule has 0 saturated carbocycles. The SMILES string of the molecule is N#CCc1ccc(N2CCOC2=O)cc1. The van der Waals surface area contributed by atoms with Crippen molar-refractivity contribution in [3.63, 3.8) is 0 Å². The first-order valence-corrected chi connectivity index (χ1v) is 4.71. The van der Waals surface area contributed by atoms with E-state index >= 15 is 0 Å². The third kappa shape index (κ3) is 1.91. The highest BCUT2D eigenvalue weighted by atomic mass is 16.6. The summed E-state index contributed by atoms with van der Waals surface area (Å²) in [4.78, 5) is 12.8. The lowest BCUT2D eigenvalue weighted by Crippen LogP contribution is -2.23. The lowest BCUT2D eigenvalue weighted by Gasteiger charge is -2.12. The predicted molar refractivity (Wildman–Crippen MR) is 54.5 cm³/mol. The molecule has 4 nitrogen and oxygen atoms in total. The normalized spacial score (nSPS) is 14.9. The number of ether oxygens (including phenoxy) is 1. The van der Waals surface area contributed by atoms with Gasteiger partial charge in [0.1, 0.15) is 6.61 Å². The number of carbonyl (C=O) groups excluding carboxylic acids is 1. The minimum absolute atomic E-state index is 0.303. The Morgan fingerprint density at radius 1 is 1.40 bits per heavy atom. The molecule has 0 unspecified atom stereocenters. The first-order chi connectivity index (χ1) is 7.31. The number of amides is 1. The molecule has 0 aliphatic carbocycles. The molecule has 1 amide bonds. The van der Waals surface area contributed by atoms with Gasteiger partial charge in [0, 0.05) is 5.69 Å². The largest absolute Gasteiger partial charge is 0.447 e. The molecular formula is C11H10N2O2. The van der Waals surface area contributed by atoms with Crippen molar-refractivity contribution in [2.75, 3.05) is 18.1 Å². The number of nitrogens with zero attached hydrogens (tertiary/aromatic N) is 2. The maximum absolute atomic E-state index is 11.2. The zero-order chi connectivity index (χ0) is 10.7. The molecule has 76 valence electrons. The molecule has 1 aliphatic heterocycles. The molecule has 1 aromatic carbocycles. The molecule has 0 atom stereocenters. The molecule has 1 fully saturated rings. The van der Waals surface area contributed by atoms with E-state index in [-0.39, 0.29) is 6.09 Å². The monoisotopic (exact) mass is 202 g/mol. The Labute approximate surface area is 87.7 Å². The molecule has 15 heavy (non-hydrogen) atoms. The van der Waals surface area contributed by atoms with Crippen molar-refractivity contribution in [3.05, 3.63) is 29.8 Å². The van der Waals surface area contributed by atoms with Crippen molar-refractivity contribution in [3.8, 4) is 6.07 Å². The van der Waals surface area contributed by atoms with Crippen LogP contribution in [0.15, 0.2) is 24.3 Å². The van der Waals surface area contributed by atoms with Crippen molar-refractivity contribution < 1.29 is 9.53 Å². The zero-order valence-corrected chi connectivity index (χ0v) is 8.14. The van der Waals surface area contributed by atoms with E-state index in [9.17, 15) is 4.79 Å². The number of rotatable bonds is 2. The van der Waals surface area contributed by atoms with Gasteiger partial charge in [-0.3, -0.25) is 4.90 Å². The lowest BCUT2D eigenvalue weighted by atomic mass is 10.1. The van der Waals surface area contributed by atoms with Gasteiger partial charge in [-0.25, -0.2) is 4.79 Å². The van der Waals surface area contributed by atoms with Crippen molar-refractivity contribution in [1.82, 2.24) is 0 Å². The molecule has 0 N–H and O–H groups in total. The van der Waals surface area contributed by atoms with E-state index < -0.39 is 0 Å². The Kier molecular flexibility index (Phi) is 2.55. The first kappa shape index (κ1) is 9.53. The summed E-state index contributed by atoms with van der Waals surface area (Å²) >= 11 is 0. The van der Waals surface area contributed by atoms with Crippen LogP contribution in [0.1, 0.15) is 5.56 Å². The zero-order valence-electron chi connectivity index (χ0n) is 8.14. The summed E-state index contributed by atoms with van der Waals surface area (Å²) in [6, 6.07) is 9.44. The summed E-state index contributed by atoms with van der Waals surface area (Å²) in [6.07, 6.45) is 0.0908. The summed E-state index contributed by atoms with van der Waals surface area (Å²) in [6.45, 7) is 1.04. The second kappa shape index (κ2) is 4.01. The van der Waals surface area contributed by atoms with Crippen LogP contribution in [0, 0.1) is 11.3 Å². The number of carbonyl (C=O) groups is 1. The Morgan fingerprint density at radius 3 is 2.67 bits per heavy atom. The average molecular weight is 202 g/mol. The summed E-state index contributed by atoms with van der Waals surface area (Å²) < 4.78 is 4.83. The van der Waals surface area contributed by atoms with Gasteiger partial charge in [0.25, 0.3) is 0 Å². The molecule has 2 rings (SSSR count). The highest BCUT2D eigenvalue weighted by Gasteiger charge is 2.22. The Bertz CT molecular complexity index is 406. The third-order valence-electron chi connectivity index (χ3n) is 2.29. The van der Waals surface area contributed by atoms with Crippen LogP contribution < -0.4 is 4.90 Å². The number of nitriles is 1. The third-order valence-corrected chi connectivity index (χ3v) is 2.29. The summed E-state index contributed by atoms with van der Waals surface area (Å²) in [5.74, 6) is 0. The van der Waals surface area contributed by atoms with E-state index in [0.717, 1.165) is 11.3 Å². The smallest absolute Gasteiger partial charge is 0.414 e. The van der Waals surface area contributed by atoms with Crippen LogP contribution in [0.5, 0.6) is 0 Å². The van der Waals surface area contributed by atoms with Crippen LogP contribution >= 0.6 is 0 Å². The standard InChI is InChI=1S/C11H10N2O2/c12-6-5-9-1-3-10(4-2-9)13-7-8-15-11(13)14/h1-4H,5,7-8H2. The van der Waals surface area contributed by atoms with Crippen LogP contribution in [0.3, 0.4) is 0 Å². The second-order valence-corrected chi connectivity index (χ2v) is 3.27. The van der Waals surface area contributed by atoms with E-state index in [1.165, 1.54) is 0 Å². The number of anilines is 1. The molecule has 1 aromatic rings. The Balaban J connectivity index is 2.16. The van der Waals surface area contributed by atoms with E-state index in [1.807, 2.05) is 24.3 Å². The lowest BCUT2D eigenvalue weighted by molar-refractivity contribution is 0.181. The molecule has 0 spiro atoms. The number of benzene rings is 1. The Morgan fingerprint density at radius 2 is 2.13 bits per heavy atom. The van der Waals surface area contributed by atoms with Crippen LogP contribution in [0.4, 0.5) is 10.5 Å². The van der Waals surface area contributed by atoms with Crippen LogP contribution in [0.2, 0.25) is 0 Å². The molecule has 1 saturated heterocycles. The van der Waals surface area contributed by atoms with Crippen molar-refractivity contribution in [1.29, 1.82) is 5.26 Å². The van der Waals surface area contributed by atoms with Gasteiger partial charge >= 0.3 is 6.09 Å². The Hall–Kier alpha value is -2.02. The molecular weight excluding hydrogens is 192 g/mol. The molecule has 0 aromatic heterocycles. The molecule has 0 radical (unpaired) electrons. The highest BCUT2D eigenvalue weighted by molar-refractivity contribution is 5.89. The number of hydrogen-bond donors (Lipinski definition) is 0. The fraction of sp³-hybridized carbons (Fsp3) is 0.273. The second-order valence-electron chi connectivity index (χ2n) is 3.27.